The second kappa shape index (κ2) is 8.53. The molecule has 1 aromatic rings. The number of hydrogen-bond acceptors (Lipinski definition) is 4. The monoisotopic (exact) mass is 321 g/mol. The molecule has 6 heteroatoms. The van der Waals surface area contributed by atoms with Gasteiger partial charge in [-0.15, -0.1) is 0 Å². The van der Waals surface area contributed by atoms with Gasteiger partial charge in [-0.25, -0.2) is 0 Å². The molecule has 1 aliphatic rings. The molecule has 1 N–H and O–H groups in total. The summed E-state index contributed by atoms with van der Waals surface area (Å²) < 4.78 is 10.9. The van der Waals surface area contributed by atoms with Crippen molar-refractivity contribution in [2.75, 3.05) is 26.4 Å². The molecule has 6 nitrogen and oxygen atoms in total. The molecule has 0 aliphatic carbocycles. The van der Waals surface area contributed by atoms with E-state index in [0.717, 1.165) is 11.3 Å². The number of benzene rings is 1. The molecule has 0 spiro atoms. The summed E-state index contributed by atoms with van der Waals surface area (Å²) in [4.78, 5) is 24.8. The fourth-order valence-electron chi connectivity index (χ4n) is 2.62. The number of hydrogen-bond donors (Lipinski definition) is 1. The van der Waals surface area contributed by atoms with Crippen LogP contribution in [0.4, 0.5) is 0 Å². The molecular weight excluding hydrogens is 298 g/mol. The molecule has 1 aromatic carbocycles. The maximum atomic E-state index is 12.3. The van der Waals surface area contributed by atoms with Crippen LogP contribution >= 0.6 is 0 Å². The molecule has 1 heterocycles. The maximum absolute atomic E-state index is 12.3. The summed E-state index contributed by atoms with van der Waals surface area (Å²) in [5, 5.41) is 8.91. The number of aliphatic carboxylic acids is 1. The van der Waals surface area contributed by atoms with Crippen molar-refractivity contribution in [1.82, 2.24) is 4.90 Å². The largest absolute Gasteiger partial charge is 0.494 e. The zero-order valence-electron chi connectivity index (χ0n) is 13.4. The molecule has 1 atom stereocenters. The normalized spacial score (nSPS) is 17.8. The zero-order chi connectivity index (χ0) is 16.7. The first kappa shape index (κ1) is 17.3. The average Bonchev–Trinajstić information content (AvgIpc) is 2.51. The van der Waals surface area contributed by atoms with Crippen molar-refractivity contribution in [2.24, 2.45) is 0 Å². The molecule has 0 bridgehead atoms. The summed E-state index contributed by atoms with van der Waals surface area (Å²) in [5.41, 5.74) is 1.13. The number of aryl methyl sites for hydroxylation is 1. The van der Waals surface area contributed by atoms with Crippen molar-refractivity contribution >= 4 is 11.9 Å². The summed E-state index contributed by atoms with van der Waals surface area (Å²) in [6, 6.07) is 7.40. The standard InChI is InChI=1S/C17H23NO5/c1-13-4-2-5-15(10-13)23-8-3-6-16(19)18-7-9-22-12-14(18)11-17(20)21/h2,4-5,10,14H,3,6-9,11-12H2,1H3,(H,20,21). The molecule has 0 saturated carbocycles. The number of carboxylic acid groups (broad SMARTS) is 1. The first-order chi connectivity index (χ1) is 11.1. The topological polar surface area (TPSA) is 76.1 Å². The lowest BCUT2D eigenvalue weighted by Gasteiger charge is -2.34. The van der Waals surface area contributed by atoms with Gasteiger partial charge in [0.15, 0.2) is 0 Å². The van der Waals surface area contributed by atoms with Crippen LogP contribution in [0, 0.1) is 6.92 Å². The minimum Gasteiger partial charge on any atom is -0.494 e. The zero-order valence-corrected chi connectivity index (χ0v) is 13.4. The average molecular weight is 321 g/mol. The molecule has 0 aromatic heterocycles. The highest BCUT2D eigenvalue weighted by Crippen LogP contribution is 2.15. The Kier molecular flexibility index (Phi) is 6.40. The van der Waals surface area contributed by atoms with Crippen molar-refractivity contribution in [3.63, 3.8) is 0 Å². The highest BCUT2D eigenvalue weighted by Gasteiger charge is 2.28. The van der Waals surface area contributed by atoms with E-state index in [1.54, 1.807) is 4.90 Å². The van der Waals surface area contributed by atoms with Crippen molar-refractivity contribution in [3.8, 4) is 5.75 Å². The fraction of sp³-hybridized carbons (Fsp3) is 0.529. The highest BCUT2D eigenvalue weighted by molar-refractivity contribution is 5.77. The Hall–Kier alpha value is -2.08. The van der Waals surface area contributed by atoms with Crippen LogP contribution in [0.2, 0.25) is 0 Å². The summed E-state index contributed by atoms with van der Waals surface area (Å²) in [5.74, 6) is -0.152. The Bertz CT molecular complexity index is 546. The van der Waals surface area contributed by atoms with Gasteiger partial charge in [0.05, 0.1) is 32.3 Å². The lowest BCUT2D eigenvalue weighted by atomic mass is 10.1. The minimum absolute atomic E-state index is 0.0348. The number of ether oxygens (including phenoxy) is 2. The van der Waals surface area contributed by atoms with Gasteiger partial charge < -0.3 is 19.5 Å². The molecule has 1 fully saturated rings. The number of nitrogens with zero attached hydrogens (tertiary/aromatic N) is 1. The van der Waals surface area contributed by atoms with Gasteiger partial charge in [-0.2, -0.15) is 0 Å². The SMILES string of the molecule is Cc1cccc(OCCCC(=O)N2CCOCC2CC(=O)O)c1. The molecule has 126 valence electrons. The number of rotatable bonds is 7. The second-order valence-electron chi connectivity index (χ2n) is 5.68. The third-order valence-electron chi connectivity index (χ3n) is 3.75. The van der Waals surface area contributed by atoms with Crippen molar-refractivity contribution in [2.45, 2.75) is 32.2 Å². The summed E-state index contributed by atoms with van der Waals surface area (Å²) >= 11 is 0. The van der Waals surface area contributed by atoms with Crippen molar-refractivity contribution < 1.29 is 24.2 Å². The van der Waals surface area contributed by atoms with Crippen LogP contribution < -0.4 is 4.74 Å². The van der Waals surface area contributed by atoms with E-state index >= 15 is 0 Å². The number of morpholine rings is 1. The first-order valence-electron chi connectivity index (χ1n) is 7.85. The van der Waals surface area contributed by atoms with Gasteiger partial charge in [-0.1, -0.05) is 12.1 Å². The number of carbonyl (C=O) groups excluding carboxylic acids is 1. The van der Waals surface area contributed by atoms with Gasteiger partial charge in [0.25, 0.3) is 0 Å². The third-order valence-corrected chi connectivity index (χ3v) is 3.75. The van der Waals surface area contributed by atoms with E-state index in [9.17, 15) is 9.59 Å². The fourth-order valence-corrected chi connectivity index (χ4v) is 2.62. The van der Waals surface area contributed by atoms with Crippen LogP contribution in [0.3, 0.4) is 0 Å². The van der Waals surface area contributed by atoms with Crippen molar-refractivity contribution in [1.29, 1.82) is 0 Å². The quantitative estimate of drug-likeness (QED) is 0.776. The van der Waals surface area contributed by atoms with E-state index in [2.05, 4.69) is 0 Å². The molecule has 2 rings (SSSR count). The van der Waals surface area contributed by atoms with Crippen LogP contribution in [-0.4, -0.2) is 54.3 Å². The van der Waals surface area contributed by atoms with E-state index in [0.29, 0.717) is 32.6 Å². The second-order valence-corrected chi connectivity index (χ2v) is 5.68. The number of carbonyl (C=O) groups is 2. The van der Waals surface area contributed by atoms with Gasteiger partial charge in [0, 0.05) is 13.0 Å². The van der Waals surface area contributed by atoms with E-state index in [1.165, 1.54) is 0 Å². The smallest absolute Gasteiger partial charge is 0.305 e. The Morgan fingerprint density at radius 2 is 2.26 bits per heavy atom. The minimum atomic E-state index is -0.916. The van der Waals surface area contributed by atoms with E-state index in [-0.39, 0.29) is 25.0 Å². The Balaban J connectivity index is 1.75. The predicted octanol–water partition coefficient (Wildman–Crippen LogP) is 1.86. The molecule has 1 saturated heterocycles. The van der Waals surface area contributed by atoms with Crippen molar-refractivity contribution in [3.05, 3.63) is 29.8 Å². The lowest BCUT2D eigenvalue weighted by Crippen LogP contribution is -2.49. The van der Waals surface area contributed by atoms with Crippen LogP contribution in [0.15, 0.2) is 24.3 Å². The van der Waals surface area contributed by atoms with E-state index in [4.69, 9.17) is 14.6 Å². The van der Waals surface area contributed by atoms with Gasteiger partial charge in [0.1, 0.15) is 5.75 Å². The summed E-state index contributed by atoms with van der Waals surface area (Å²) in [6.45, 7) is 3.66. The van der Waals surface area contributed by atoms with E-state index in [1.807, 2.05) is 31.2 Å². The van der Waals surface area contributed by atoms with Gasteiger partial charge in [-0.3, -0.25) is 9.59 Å². The number of amides is 1. The van der Waals surface area contributed by atoms with Crippen LogP contribution in [0.25, 0.3) is 0 Å². The maximum Gasteiger partial charge on any atom is 0.305 e. The lowest BCUT2D eigenvalue weighted by molar-refractivity contribution is -0.146. The summed E-state index contributed by atoms with van der Waals surface area (Å²) in [7, 11) is 0. The molecule has 1 aliphatic heterocycles. The molecule has 0 radical (unpaired) electrons. The molecule has 23 heavy (non-hydrogen) atoms. The molecule has 1 amide bonds. The van der Waals surface area contributed by atoms with E-state index < -0.39 is 5.97 Å². The Labute approximate surface area is 136 Å². The van der Waals surface area contributed by atoms with Crippen LogP contribution in [0.1, 0.15) is 24.8 Å². The molecule has 1 unspecified atom stereocenters. The third kappa shape index (κ3) is 5.56. The highest BCUT2D eigenvalue weighted by atomic mass is 16.5. The Morgan fingerprint density at radius 1 is 1.43 bits per heavy atom. The predicted molar refractivity (Wildman–Crippen MR) is 84.5 cm³/mol. The first-order valence-corrected chi connectivity index (χ1v) is 7.85. The number of carboxylic acids is 1. The Morgan fingerprint density at radius 3 is 3.00 bits per heavy atom. The van der Waals surface area contributed by atoms with Crippen LogP contribution in [0.5, 0.6) is 5.75 Å². The van der Waals surface area contributed by atoms with Gasteiger partial charge in [0.2, 0.25) is 5.91 Å². The van der Waals surface area contributed by atoms with Crippen LogP contribution in [-0.2, 0) is 14.3 Å². The van der Waals surface area contributed by atoms with Gasteiger partial charge in [-0.05, 0) is 31.0 Å². The summed E-state index contributed by atoms with van der Waals surface area (Å²) in [6.07, 6.45) is 0.872. The van der Waals surface area contributed by atoms with Gasteiger partial charge >= 0.3 is 5.97 Å². The molecular formula is C17H23NO5.